The van der Waals surface area contributed by atoms with Crippen LogP contribution in [0.4, 0.5) is 19.0 Å². The smallest absolute Gasteiger partial charge is 0.384 e. The largest absolute Gasteiger partial charge is 0.417 e. The van der Waals surface area contributed by atoms with Gasteiger partial charge in [-0.15, -0.1) is 0 Å². The summed E-state index contributed by atoms with van der Waals surface area (Å²) in [6.07, 6.45) is -1.67. The number of benzene rings is 1. The minimum atomic E-state index is -4.73. The number of aromatic nitrogens is 4. The quantitative estimate of drug-likeness (QED) is 0.432. The molecule has 11 heteroatoms. The third-order valence-corrected chi connectivity index (χ3v) is 5.63. The molecule has 3 aromatic heterocycles. The van der Waals surface area contributed by atoms with E-state index in [0.717, 1.165) is 6.07 Å². The van der Waals surface area contributed by atoms with E-state index in [1.165, 1.54) is 33.9 Å². The monoisotopic (exact) mass is 492 g/mol. The lowest BCUT2D eigenvalue weighted by Gasteiger charge is -2.28. The molecule has 1 aliphatic rings. The average Bonchev–Trinajstić information content (AvgIpc) is 3.29. The van der Waals surface area contributed by atoms with Crippen molar-refractivity contribution in [2.45, 2.75) is 6.18 Å². The van der Waals surface area contributed by atoms with Gasteiger partial charge in [-0.05, 0) is 42.3 Å². The van der Waals surface area contributed by atoms with E-state index in [4.69, 9.17) is 10.5 Å². The highest BCUT2D eigenvalue weighted by molar-refractivity contribution is 5.96. The van der Waals surface area contributed by atoms with E-state index in [1.54, 1.807) is 24.3 Å². The van der Waals surface area contributed by atoms with Gasteiger partial charge in [0.25, 0.3) is 5.91 Å². The van der Waals surface area contributed by atoms with Crippen LogP contribution in [-0.4, -0.2) is 56.7 Å². The number of fused-ring (bicyclic) bond motifs is 1. The van der Waals surface area contributed by atoms with Crippen LogP contribution in [0.5, 0.6) is 0 Å². The Labute approximate surface area is 203 Å². The van der Waals surface area contributed by atoms with Crippen molar-refractivity contribution >= 4 is 17.4 Å². The van der Waals surface area contributed by atoms with E-state index in [0.29, 0.717) is 35.9 Å². The Morgan fingerprint density at radius 1 is 1.03 bits per heavy atom. The van der Waals surface area contributed by atoms with E-state index >= 15 is 0 Å². The molecular formula is C25H19F3N6O2. The fourth-order valence-electron chi connectivity index (χ4n) is 3.84. The number of pyridine rings is 1. The van der Waals surface area contributed by atoms with Crippen LogP contribution in [0.25, 0.3) is 16.9 Å². The Morgan fingerprint density at radius 3 is 2.58 bits per heavy atom. The fourth-order valence-corrected chi connectivity index (χ4v) is 3.84. The fraction of sp³-hybridized carbons (Fsp3) is 0.200. The van der Waals surface area contributed by atoms with Gasteiger partial charge in [0, 0.05) is 30.4 Å². The second-order valence-electron chi connectivity index (χ2n) is 8.01. The van der Waals surface area contributed by atoms with Crippen molar-refractivity contribution in [1.82, 2.24) is 24.5 Å². The SMILES string of the molecule is Nc1cc(C#Cc2cnc3ccc(-c4ccc(C(=O)N5CCOCC5)c(C(F)(F)F)c4)nn23)ccn1. The van der Waals surface area contributed by atoms with Gasteiger partial charge in [0.05, 0.1) is 36.2 Å². The number of hydrogen-bond acceptors (Lipinski definition) is 6. The molecule has 0 radical (unpaired) electrons. The van der Waals surface area contributed by atoms with Gasteiger partial charge < -0.3 is 15.4 Å². The molecule has 1 aromatic carbocycles. The van der Waals surface area contributed by atoms with Crippen molar-refractivity contribution in [3.05, 3.63) is 77.2 Å². The van der Waals surface area contributed by atoms with Crippen molar-refractivity contribution in [2.75, 3.05) is 32.0 Å². The summed E-state index contributed by atoms with van der Waals surface area (Å²) < 4.78 is 48.5. The Kier molecular flexibility index (Phi) is 6.03. The van der Waals surface area contributed by atoms with Gasteiger partial charge in [0.2, 0.25) is 0 Å². The van der Waals surface area contributed by atoms with E-state index in [-0.39, 0.29) is 24.3 Å². The highest BCUT2D eigenvalue weighted by atomic mass is 19.4. The lowest BCUT2D eigenvalue weighted by Crippen LogP contribution is -2.41. The number of nitrogen functional groups attached to an aromatic ring is 1. The Balaban J connectivity index is 1.52. The second-order valence-corrected chi connectivity index (χ2v) is 8.01. The number of carbonyl (C=O) groups excluding carboxylic acids is 1. The summed E-state index contributed by atoms with van der Waals surface area (Å²) in [5.41, 5.74) is 6.30. The summed E-state index contributed by atoms with van der Waals surface area (Å²) >= 11 is 0. The number of amides is 1. The Bertz CT molecular complexity index is 1510. The summed E-state index contributed by atoms with van der Waals surface area (Å²) in [5, 5.41) is 4.46. The molecule has 0 spiro atoms. The molecule has 4 heterocycles. The third-order valence-electron chi connectivity index (χ3n) is 5.63. The van der Waals surface area contributed by atoms with Crippen molar-refractivity contribution in [3.63, 3.8) is 0 Å². The molecule has 1 amide bonds. The zero-order chi connectivity index (χ0) is 25.3. The van der Waals surface area contributed by atoms with E-state index < -0.39 is 23.2 Å². The average molecular weight is 492 g/mol. The molecule has 2 N–H and O–H groups in total. The first-order valence-corrected chi connectivity index (χ1v) is 11.0. The number of alkyl halides is 3. The highest BCUT2D eigenvalue weighted by Gasteiger charge is 2.37. The summed E-state index contributed by atoms with van der Waals surface area (Å²) in [4.78, 5) is 22.4. The summed E-state index contributed by atoms with van der Waals surface area (Å²) in [7, 11) is 0. The van der Waals surface area contributed by atoms with Gasteiger partial charge in [-0.3, -0.25) is 4.79 Å². The molecule has 5 rings (SSSR count). The van der Waals surface area contributed by atoms with Crippen LogP contribution in [0.3, 0.4) is 0 Å². The van der Waals surface area contributed by atoms with Crippen LogP contribution < -0.4 is 5.73 Å². The number of ether oxygens (including phenoxy) is 1. The number of nitrogens with two attached hydrogens (primary N) is 1. The van der Waals surface area contributed by atoms with Crippen LogP contribution in [0.1, 0.15) is 27.2 Å². The van der Waals surface area contributed by atoms with Crippen LogP contribution in [0.2, 0.25) is 0 Å². The lowest BCUT2D eigenvalue weighted by molar-refractivity contribution is -0.138. The van der Waals surface area contributed by atoms with E-state index in [9.17, 15) is 18.0 Å². The molecule has 0 saturated carbocycles. The number of hydrogen-bond donors (Lipinski definition) is 1. The van der Waals surface area contributed by atoms with Crippen molar-refractivity contribution in [1.29, 1.82) is 0 Å². The first-order valence-electron chi connectivity index (χ1n) is 11.0. The molecule has 1 saturated heterocycles. The molecule has 182 valence electrons. The molecule has 0 aliphatic carbocycles. The molecular weight excluding hydrogens is 473 g/mol. The second kappa shape index (κ2) is 9.31. The van der Waals surface area contributed by atoms with Crippen LogP contribution in [0.15, 0.2) is 54.9 Å². The number of carbonyl (C=O) groups is 1. The maximum absolute atomic E-state index is 14.0. The lowest BCUT2D eigenvalue weighted by atomic mass is 10.00. The minimum Gasteiger partial charge on any atom is -0.384 e. The summed E-state index contributed by atoms with van der Waals surface area (Å²) in [5.74, 6) is 5.55. The van der Waals surface area contributed by atoms with Gasteiger partial charge in [0.1, 0.15) is 11.5 Å². The van der Waals surface area contributed by atoms with Crippen molar-refractivity contribution in [2.24, 2.45) is 0 Å². The highest BCUT2D eigenvalue weighted by Crippen LogP contribution is 2.35. The number of morpholine rings is 1. The van der Waals surface area contributed by atoms with E-state index in [1.807, 2.05) is 0 Å². The van der Waals surface area contributed by atoms with E-state index in [2.05, 4.69) is 26.9 Å². The topological polar surface area (TPSA) is 98.6 Å². The number of nitrogens with zero attached hydrogens (tertiary/aromatic N) is 5. The standard InChI is InChI=1S/C25H19F3N6O2/c26-25(27,28)20-14-17(2-4-19(20)24(35)33-9-11-36-12-10-33)21-5-6-23-31-15-18(34(23)32-21)3-1-16-7-8-30-22(29)13-16/h2,4-8,13-15H,9-12H2,(H2,29,30). The number of halogens is 3. The first kappa shape index (κ1) is 23.3. The molecule has 0 atom stereocenters. The number of anilines is 1. The zero-order valence-corrected chi connectivity index (χ0v) is 18.8. The normalized spacial score (nSPS) is 13.9. The molecule has 0 unspecified atom stereocenters. The summed E-state index contributed by atoms with van der Waals surface area (Å²) in [6.45, 7) is 1.07. The van der Waals surface area contributed by atoms with Gasteiger partial charge in [-0.2, -0.15) is 18.3 Å². The molecule has 8 nitrogen and oxygen atoms in total. The van der Waals surface area contributed by atoms with Gasteiger partial charge in [-0.1, -0.05) is 12.0 Å². The van der Waals surface area contributed by atoms with Crippen molar-refractivity contribution < 1.29 is 22.7 Å². The molecule has 1 aliphatic heterocycles. The van der Waals surface area contributed by atoms with Gasteiger partial charge in [0.15, 0.2) is 5.65 Å². The molecule has 4 aromatic rings. The van der Waals surface area contributed by atoms with Crippen molar-refractivity contribution in [3.8, 4) is 23.1 Å². The van der Waals surface area contributed by atoms with Crippen LogP contribution >= 0.6 is 0 Å². The maximum atomic E-state index is 14.0. The predicted octanol–water partition coefficient (Wildman–Crippen LogP) is 3.26. The predicted molar refractivity (Wildman–Crippen MR) is 125 cm³/mol. The van der Waals surface area contributed by atoms with Gasteiger partial charge >= 0.3 is 6.18 Å². The van der Waals surface area contributed by atoms with Crippen LogP contribution in [-0.2, 0) is 10.9 Å². The molecule has 1 fully saturated rings. The Morgan fingerprint density at radius 2 is 1.83 bits per heavy atom. The van der Waals surface area contributed by atoms with Gasteiger partial charge in [-0.25, -0.2) is 14.5 Å². The molecule has 0 bridgehead atoms. The first-order chi connectivity index (χ1) is 17.3. The molecule has 36 heavy (non-hydrogen) atoms. The maximum Gasteiger partial charge on any atom is 0.417 e. The summed E-state index contributed by atoms with van der Waals surface area (Å²) in [6, 6.07) is 10.1. The van der Waals surface area contributed by atoms with Crippen LogP contribution in [0, 0.1) is 11.8 Å². The minimum absolute atomic E-state index is 0.206. The Hall–Kier alpha value is -4.43. The third kappa shape index (κ3) is 4.71. The number of imidazole rings is 1. The number of rotatable bonds is 2. The zero-order valence-electron chi connectivity index (χ0n) is 18.8.